The Morgan fingerprint density at radius 2 is 2.14 bits per heavy atom. The highest BCUT2D eigenvalue weighted by Crippen LogP contribution is 2.21. The van der Waals surface area contributed by atoms with Crippen LogP contribution in [0, 0.1) is 0 Å². The molecule has 0 unspecified atom stereocenters. The molecule has 0 saturated heterocycles. The first-order chi connectivity index (χ1) is 10.0. The molecular formula is C14H19N3O2S2. The third kappa shape index (κ3) is 4.18. The third-order valence-electron chi connectivity index (χ3n) is 3.00. The fraction of sp³-hybridized carbons (Fsp3) is 0.357. The van der Waals surface area contributed by atoms with E-state index in [9.17, 15) is 8.42 Å². The predicted octanol–water partition coefficient (Wildman–Crippen LogP) is 3.18. The zero-order chi connectivity index (χ0) is 15.3. The summed E-state index contributed by atoms with van der Waals surface area (Å²) in [7, 11) is -1.52. The van der Waals surface area contributed by atoms with Gasteiger partial charge in [-0.1, -0.05) is 19.4 Å². The highest BCUT2D eigenvalue weighted by molar-refractivity contribution is 7.94. The van der Waals surface area contributed by atoms with Crippen LogP contribution in [0.25, 0.3) is 0 Å². The molecule has 2 rings (SSSR count). The molecule has 0 saturated carbocycles. The lowest BCUT2D eigenvalue weighted by molar-refractivity contribution is 0.603. The SMILES string of the molecule is CCCCN(C)c1ccc(NS(=O)(=O)c2cccs2)cn1. The molecule has 1 N–H and O–H groups in total. The number of nitrogens with zero attached hydrogens (tertiary/aromatic N) is 2. The Morgan fingerprint density at radius 3 is 2.71 bits per heavy atom. The van der Waals surface area contributed by atoms with E-state index in [2.05, 4.69) is 21.5 Å². The molecule has 0 aliphatic carbocycles. The minimum Gasteiger partial charge on any atom is -0.360 e. The van der Waals surface area contributed by atoms with Gasteiger partial charge < -0.3 is 4.90 Å². The van der Waals surface area contributed by atoms with Crippen molar-refractivity contribution in [3.8, 4) is 0 Å². The lowest BCUT2D eigenvalue weighted by Crippen LogP contribution is -2.19. The summed E-state index contributed by atoms with van der Waals surface area (Å²) in [5.74, 6) is 0.836. The summed E-state index contributed by atoms with van der Waals surface area (Å²) >= 11 is 1.19. The summed E-state index contributed by atoms with van der Waals surface area (Å²) in [5, 5.41) is 1.73. The number of unbranched alkanes of at least 4 members (excludes halogenated alkanes) is 1. The molecule has 0 aliphatic rings. The predicted molar refractivity (Wildman–Crippen MR) is 87.5 cm³/mol. The number of hydrogen-bond acceptors (Lipinski definition) is 5. The maximum atomic E-state index is 12.1. The van der Waals surface area contributed by atoms with Gasteiger partial charge in [0.15, 0.2) is 0 Å². The molecule has 0 radical (unpaired) electrons. The standard InChI is InChI=1S/C14H19N3O2S2/c1-3-4-9-17(2)13-8-7-12(11-15-13)16-21(18,19)14-6-5-10-20-14/h5-8,10-11,16H,3-4,9H2,1-2H3. The molecule has 0 aromatic carbocycles. The molecule has 0 aliphatic heterocycles. The summed E-state index contributed by atoms with van der Waals surface area (Å²) in [6.45, 7) is 3.08. The van der Waals surface area contributed by atoms with Gasteiger partial charge in [-0.15, -0.1) is 11.3 Å². The molecule has 7 heteroatoms. The quantitative estimate of drug-likeness (QED) is 0.849. The second-order valence-electron chi connectivity index (χ2n) is 4.72. The summed E-state index contributed by atoms with van der Waals surface area (Å²) in [4.78, 5) is 6.36. The van der Waals surface area contributed by atoms with Gasteiger partial charge in [-0.05, 0) is 30.0 Å². The van der Waals surface area contributed by atoms with Crippen molar-refractivity contribution < 1.29 is 8.42 Å². The largest absolute Gasteiger partial charge is 0.360 e. The monoisotopic (exact) mass is 325 g/mol. The Hall–Kier alpha value is -1.60. The van der Waals surface area contributed by atoms with Gasteiger partial charge in [-0.25, -0.2) is 13.4 Å². The van der Waals surface area contributed by atoms with Crippen molar-refractivity contribution in [3.63, 3.8) is 0 Å². The third-order valence-corrected chi connectivity index (χ3v) is 5.78. The summed E-state index contributed by atoms with van der Waals surface area (Å²) in [6, 6.07) is 6.84. The molecule has 0 atom stereocenters. The molecule has 21 heavy (non-hydrogen) atoms. The number of hydrogen-bond donors (Lipinski definition) is 1. The van der Waals surface area contributed by atoms with E-state index in [0.29, 0.717) is 9.90 Å². The van der Waals surface area contributed by atoms with Crippen LogP contribution >= 0.6 is 11.3 Å². The van der Waals surface area contributed by atoms with E-state index in [0.717, 1.165) is 25.2 Å². The van der Waals surface area contributed by atoms with E-state index in [1.165, 1.54) is 11.3 Å². The lowest BCUT2D eigenvalue weighted by atomic mass is 10.3. The summed E-state index contributed by atoms with van der Waals surface area (Å²) in [6.07, 6.45) is 3.77. The Kier molecular flexibility index (Phi) is 5.19. The normalized spacial score (nSPS) is 11.3. The van der Waals surface area contributed by atoms with E-state index < -0.39 is 10.0 Å². The summed E-state index contributed by atoms with van der Waals surface area (Å²) in [5.41, 5.74) is 0.469. The Morgan fingerprint density at radius 1 is 1.33 bits per heavy atom. The molecule has 114 valence electrons. The van der Waals surface area contributed by atoms with E-state index in [4.69, 9.17) is 0 Å². The number of thiophene rings is 1. The van der Waals surface area contributed by atoms with Gasteiger partial charge in [-0.3, -0.25) is 4.72 Å². The molecule has 2 aromatic rings. The minimum absolute atomic E-state index is 0.298. The smallest absolute Gasteiger partial charge is 0.271 e. The number of sulfonamides is 1. The van der Waals surface area contributed by atoms with Crippen molar-refractivity contribution in [3.05, 3.63) is 35.8 Å². The van der Waals surface area contributed by atoms with Crippen molar-refractivity contribution in [1.29, 1.82) is 0 Å². The number of nitrogens with one attached hydrogen (secondary N) is 1. The Balaban J connectivity index is 2.06. The van der Waals surface area contributed by atoms with Crippen molar-refractivity contribution in [2.75, 3.05) is 23.2 Å². The fourth-order valence-electron chi connectivity index (χ4n) is 1.80. The van der Waals surface area contributed by atoms with Gasteiger partial charge in [0.05, 0.1) is 11.9 Å². The van der Waals surface area contributed by atoms with Crippen LogP contribution in [-0.4, -0.2) is 27.0 Å². The van der Waals surface area contributed by atoms with Gasteiger partial charge in [0.1, 0.15) is 10.0 Å². The van der Waals surface area contributed by atoms with Gasteiger partial charge in [-0.2, -0.15) is 0 Å². The van der Waals surface area contributed by atoms with Crippen LogP contribution in [0.2, 0.25) is 0 Å². The van der Waals surface area contributed by atoms with Gasteiger partial charge >= 0.3 is 0 Å². The second-order valence-corrected chi connectivity index (χ2v) is 7.57. The van der Waals surface area contributed by atoms with Crippen LogP contribution in [0.1, 0.15) is 19.8 Å². The van der Waals surface area contributed by atoms with Crippen LogP contribution in [-0.2, 0) is 10.0 Å². The Labute approximate surface area is 129 Å². The highest BCUT2D eigenvalue weighted by atomic mass is 32.2. The van der Waals surface area contributed by atoms with Crippen molar-refractivity contribution in [1.82, 2.24) is 4.98 Å². The molecule has 0 bridgehead atoms. The van der Waals surface area contributed by atoms with Crippen molar-refractivity contribution in [2.45, 2.75) is 24.0 Å². The molecule has 5 nitrogen and oxygen atoms in total. The molecule has 0 spiro atoms. The van der Waals surface area contributed by atoms with Gasteiger partial charge in [0.25, 0.3) is 10.0 Å². The lowest BCUT2D eigenvalue weighted by Gasteiger charge is -2.17. The van der Waals surface area contributed by atoms with Crippen LogP contribution in [0.5, 0.6) is 0 Å². The minimum atomic E-state index is -3.50. The van der Waals surface area contributed by atoms with Crippen molar-refractivity contribution >= 4 is 32.9 Å². The topological polar surface area (TPSA) is 62.3 Å². The first-order valence-electron chi connectivity index (χ1n) is 6.76. The van der Waals surface area contributed by atoms with E-state index in [1.807, 2.05) is 13.1 Å². The van der Waals surface area contributed by atoms with Crippen LogP contribution in [0.15, 0.2) is 40.1 Å². The second kappa shape index (κ2) is 6.91. The number of anilines is 2. The van der Waals surface area contributed by atoms with E-state index in [1.54, 1.807) is 29.8 Å². The molecule has 0 fully saturated rings. The van der Waals surface area contributed by atoms with Gasteiger partial charge in [0, 0.05) is 13.6 Å². The highest BCUT2D eigenvalue weighted by Gasteiger charge is 2.15. The van der Waals surface area contributed by atoms with E-state index >= 15 is 0 Å². The van der Waals surface area contributed by atoms with E-state index in [-0.39, 0.29) is 0 Å². The average molecular weight is 325 g/mol. The van der Waals surface area contributed by atoms with Gasteiger partial charge in [0.2, 0.25) is 0 Å². The van der Waals surface area contributed by atoms with Crippen LogP contribution < -0.4 is 9.62 Å². The maximum absolute atomic E-state index is 12.1. The van der Waals surface area contributed by atoms with Crippen molar-refractivity contribution in [2.24, 2.45) is 0 Å². The average Bonchev–Trinajstić information content (AvgIpc) is 3.00. The fourth-order valence-corrected chi connectivity index (χ4v) is 3.84. The molecule has 0 amide bonds. The number of rotatable bonds is 7. The summed E-state index contributed by atoms with van der Waals surface area (Å²) < 4.78 is 27.0. The zero-order valence-electron chi connectivity index (χ0n) is 12.1. The molecule has 2 heterocycles. The first-order valence-corrected chi connectivity index (χ1v) is 9.12. The first kappa shape index (κ1) is 15.8. The maximum Gasteiger partial charge on any atom is 0.271 e. The zero-order valence-corrected chi connectivity index (χ0v) is 13.7. The van der Waals surface area contributed by atoms with Crippen LogP contribution in [0.3, 0.4) is 0 Å². The number of pyridine rings is 1. The number of aromatic nitrogens is 1. The molecular weight excluding hydrogens is 306 g/mol. The Bertz CT molecular complexity index is 652. The molecule has 2 aromatic heterocycles. The van der Waals surface area contributed by atoms with Crippen LogP contribution in [0.4, 0.5) is 11.5 Å².